The van der Waals surface area contributed by atoms with E-state index in [4.69, 9.17) is 9.31 Å². The minimum atomic E-state index is -0.278. The zero-order valence-electron chi connectivity index (χ0n) is 13.3. The van der Waals surface area contributed by atoms with Crippen molar-refractivity contribution in [2.45, 2.75) is 19.4 Å². The van der Waals surface area contributed by atoms with Crippen LogP contribution in [0.15, 0.2) is 60.8 Å². The molecule has 4 rings (SSSR count). The Bertz CT molecular complexity index is 840. The van der Waals surface area contributed by atoms with Crippen LogP contribution in [0.5, 0.6) is 0 Å². The second kappa shape index (κ2) is 5.48. The van der Waals surface area contributed by atoms with E-state index in [9.17, 15) is 0 Å². The highest BCUT2D eigenvalue weighted by molar-refractivity contribution is 6.61. The van der Waals surface area contributed by atoms with Crippen molar-refractivity contribution < 1.29 is 9.31 Å². The Balaban J connectivity index is 1.68. The van der Waals surface area contributed by atoms with Gasteiger partial charge in [0.25, 0.3) is 0 Å². The zero-order valence-corrected chi connectivity index (χ0v) is 13.3. The van der Waals surface area contributed by atoms with Gasteiger partial charge in [-0.2, -0.15) is 0 Å². The zero-order chi connectivity index (χ0) is 15.9. The Hall–Kier alpha value is -2.17. The fourth-order valence-electron chi connectivity index (χ4n) is 2.95. The van der Waals surface area contributed by atoms with Gasteiger partial charge in [0, 0.05) is 17.1 Å². The maximum Gasteiger partial charge on any atom is 0.494 e. The molecule has 0 amide bonds. The normalized spacial score (nSPS) is 16.9. The molecule has 0 bridgehead atoms. The van der Waals surface area contributed by atoms with Gasteiger partial charge in [0.2, 0.25) is 0 Å². The molecule has 1 saturated heterocycles. The van der Waals surface area contributed by atoms with E-state index in [1.807, 2.05) is 38.2 Å². The lowest BCUT2D eigenvalue weighted by atomic mass is 9.79. The molecule has 0 unspecified atom stereocenters. The number of nitrogens with zero attached hydrogens (tertiary/aromatic N) is 1. The van der Waals surface area contributed by atoms with Crippen molar-refractivity contribution in [1.82, 2.24) is 4.98 Å². The number of fused-ring (bicyclic) bond motifs is 1. The summed E-state index contributed by atoms with van der Waals surface area (Å²) in [5.41, 5.74) is 2.92. The molecule has 23 heavy (non-hydrogen) atoms. The van der Waals surface area contributed by atoms with E-state index in [0.29, 0.717) is 6.61 Å². The van der Waals surface area contributed by atoms with Crippen LogP contribution in [0.3, 0.4) is 0 Å². The topological polar surface area (TPSA) is 31.4 Å². The molecular weight excluding hydrogens is 285 g/mol. The van der Waals surface area contributed by atoms with E-state index in [2.05, 4.69) is 41.4 Å². The van der Waals surface area contributed by atoms with Gasteiger partial charge in [0.1, 0.15) is 0 Å². The van der Waals surface area contributed by atoms with Crippen LogP contribution in [0.25, 0.3) is 22.0 Å². The molecule has 3 nitrogen and oxygen atoms in total. The van der Waals surface area contributed by atoms with Gasteiger partial charge in [0.05, 0.1) is 17.9 Å². The van der Waals surface area contributed by atoms with Crippen LogP contribution in [0.2, 0.25) is 0 Å². The van der Waals surface area contributed by atoms with Crippen LogP contribution in [0.4, 0.5) is 0 Å². The van der Waals surface area contributed by atoms with Gasteiger partial charge in [-0.25, -0.2) is 0 Å². The van der Waals surface area contributed by atoms with Gasteiger partial charge in [-0.15, -0.1) is 0 Å². The summed E-state index contributed by atoms with van der Waals surface area (Å²) in [5, 5.41) is 2.36. The van der Waals surface area contributed by atoms with Crippen molar-refractivity contribution in [1.29, 1.82) is 0 Å². The third-order valence-corrected chi connectivity index (χ3v) is 4.14. The average molecular weight is 303 g/mol. The Morgan fingerprint density at radius 1 is 1.00 bits per heavy atom. The van der Waals surface area contributed by atoms with Crippen LogP contribution in [-0.2, 0) is 9.31 Å². The highest BCUT2D eigenvalue weighted by atomic mass is 16.7. The second-order valence-electron chi connectivity index (χ2n) is 6.52. The van der Waals surface area contributed by atoms with E-state index < -0.39 is 0 Å². The fraction of sp³-hybridized carbons (Fsp3) is 0.211. The lowest BCUT2D eigenvalue weighted by Gasteiger charge is -2.15. The smallest absolute Gasteiger partial charge is 0.404 e. The highest BCUT2D eigenvalue weighted by Crippen LogP contribution is 2.26. The number of pyridine rings is 1. The molecule has 114 valence electrons. The largest absolute Gasteiger partial charge is 0.494 e. The number of aromatic nitrogens is 1. The van der Waals surface area contributed by atoms with Gasteiger partial charge in [0.15, 0.2) is 0 Å². The Morgan fingerprint density at radius 3 is 2.52 bits per heavy atom. The number of benzene rings is 2. The average Bonchev–Trinajstić information content (AvgIpc) is 2.94. The standard InChI is InChI=1S/C19H18BNO2/c1-19(2)13-22-20(23-19)16-9-7-15(8-10-16)18-17-6-4-3-5-14(17)11-12-21-18/h3-12H,13H2,1-2H3. The summed E-state index contributed by atoms with van der Waals surface area (Å²) >= 11 is 0. The monoisotopic (exact) mass is 303 g/mol. The Morgan fingerprint density at radius 2 is 1.78 bits per heavy atom. The van der Waals surface area contributed by atoms with Crippen LogP contribution in [-0.4, -0.2) is 24.3 Å². The second-order valence-corrected chi connectivity index (χ2v) is 6.52. The van der Waals surface area contributed by atoms with Crippen molar-refractivity contribution >= 4 is 23.4 Å². The van der Waals surface area contributed by atoms with E-state index >= 15 is 0 Å². The fourth-order valence-corrected chi connectivity index (χ4v) is 2.95. The summed E-state index contributed by atoms with van der Waals surface area (Å²) in [7, 11) is -0.278. The maximum atomic E-state index is 5.91. The van der Waals surface area contributed by atoms with E-state index in [0.717, 1.165) is 22.1 Å². The van der Waals surface area contributed by atoms with Crippen molar-refractivity contribution in [3.8, 4) is 11.3 Å². The molecule has 0 saturated carbocycles. The van der Waals surface area contributed by atoms with Gasteiger partial charge in [-0.1, -0.05) is 48.5 Å². The number of rotatable bonds is 2. The van der Waals surface area contributed by atoms with Gasteiger partial charge < -0.3 is 9.31 Å². The molecule has 3 aromatic rings. The minimum Gasteiger partial charge on any atom is -0.404 e. The lowest BCUT2D eigenvalue weighted by Crippen LogP contribution is -2.34. The molecule has 1 aromatic heterocycles. The van der Waals surface area contributed by atoms with E-state index in [1.165, 1.54) is 5.39 Å². The Labute approximate surface area is 136 Å². The third-order valence-electron chi connectivity index (χ3n) is 4.14. The summed E-state index contributed by atoms with van der Waals surface area (Å²) in [6, 6.07) is 18.6. The van der Waals surface area contributed by atoms with Gasteiger partial charge in [-0.05, 0) is 30.8 Å². The molecule has 0 spiro atoms. The predicted octanol–water partition coefficient (Wildman–Crippen LogP) is 3.42. The molecule has 4 heteroatoms. The first kappa shape index (κ1) is 14.4. The first-order valence-electron chi connectivity index (χ1n) is 7.86. The first-order valence-corrected chi connectivity index (χ1v) is 7.86. The summed E-state index contributed by atoms with van der Waals surface area (Å²) in [5.74, 6) is 0. The molecule has 0 N–H and O–H groups in total. The quantitative estimate of drug-likeness (QED) is 0.680. The molecule has 1 aliphatic rings. The van der Waals surface area contributed by atoms with Crippen LogP contribution >= 0.6 is 0 Å². The van der Waals surface area contributed by atoms with E-state index in [-0.39, 0.29) is 12.7 Å². The van der Waals surface area contributed by atoms with Gasteiger partial charge in [-0.3, -0.25) is 4.98 Å². The molecule has 2 heterocycles. The van der Waals surface area contributed by atoms with Crippen molar-refractivity contribution in [2.75, 3.05) is 6.61 Å². The summed E-state index contributed by atoms with van der Waals surface area (Å²) in [6.45, 7) is 4.70. The van der Waals surface area contributed by atoms with Crippen LogP contribution in [0, 0.1) is 0 Å². The third kappa shape index (κ3) is 2.76. The van der Waals surface area contributed by atoms with Gasteiger partial charge >= 0.3 is 7.12 Å². The summed E-state index contributed by atoms with van der Waals surface area (Å²) in [4.78, 5) is 4.56. The molecule has 0 atom stereocenters. The molecule has 0 radical (unpaired) electrons. The number of hydrogen-bond acceptors (Lipinski definition) is 3. The predicted molar refractivity (Wildman–Crippen MR) is 93.7 cm³/mol. The lowest BCUT2D eigenvalue weighted by molar-refractivity contribution is 0.137. The van der Waals surface area contributed by atoms with Crippen LogP contribution < -0.4 is 5.46 Å². The minimum absolute atomic E-state index is 0.222. The maximum absolute atomic E-state index is 5.91. The van der Waals surface area contributed by atoms with E-state index in [1.54, 1.807) is 0 Å². The highest BCUT2D eigenvalue weighted by Gasteiger charge is 2.37. The molecule has 1 aliphatic heterocycles. The summed E-state index contributed by atoms with van der Waals surface area (Å²) < 4.78 is 11.6. The molecule has 1 fully saturated rings. The SMILES string of the molecule is CC1(C)COB(c2ccc(-c3nccc4ccccc34)cc2)O1. The Kier molecular flexibility index (Phi) is 3.44. The van der Waals surface area contributed by atoms with Crippen LogP contribution in [0.1, 0.15) is 13.8 Å². The molecule has 2 aromatic carbocycles. The molecule has 0 aliphatic carbocycles. The van der Waals surface area contributed by atoms with Crippen molar-refractivity contribution in [3.63, 3.8) is 0 Å². The number of hydrogen-bond donors (Lipinski definition) is 0. The first-order chi connectivity index (χ1) is 11.1. The molecular formula is C19H18BNO2. The van der Waals surface area contributed by atoms with Crippen molar-refractivity contribution in [2.24, 2.45) is 0 Å². The summed E-state index contributed by atoms with van der Waals surface area (Å²) in [6.07, 6.45) is 1.86. The van der Waals surface area contributed by atoms with Crippen molar-refractivity contribution in [3.05, 3.63) is 60.8 Å².